The van der Waals surface area contributed by atoms with Crippen molar-refractivity contribution in [2.75, 3.05) is 0 Å². The van der Waals surface area contributed by atoms with E-state index in [2.05, 4.69) is 34.3 Å². The van der Waals surface area contributed by atoms with Crippen LogP contribution < -0.4 is 0 Å². The number of rotatable bonds is 2. The Morgan fingerprint density at radius 3 is 2.17 bits per heavy atom. The van der Waals surface area contributed by atoms with Gasteiger partial charge < -0.3 is 0 Å². The normalized spacial score (nSPS) is 33.7. The zero-order valence-corrected chi connectivity index (χ0v) is 9.04. The predicted octanol–water partition coefficient (Wildman–Crippen LogP) is 4.17. The molecule has 0 aromatic rings. The van der Waals surface area contributed by atoms with Crippen LogP contribution in [0.2, 0.25) is 0 Å². The van der Waals surface area contributed by atoms with Crippen molar-refractivity contribution in [3.63, 3.8) is 0 Å². The second-order valence-electron chi connectivity index (χ2n) is 5.79. The summed E-state index contributed by atoms with van der Waals surface area (Å²) in [5.74, 6) is 0. The van der Waals surface area contributed by atoms with Crippen LogP contribution in [0.1, 0.15) is 53.4 Å². The van der Waals surface area contributed by atoms with Crippen molar-refractivity contribution >= 4 is 0 Å². The van der Waals surface area contributed by atoms with Crippen LogP contribution in [-0.4, -0.2) is 0 Å². The number of hydrogen-bond donors (Lipinski definition) is 0. The van der Waals surface area contributed by atoms with E-state index in [1.165, 1.54) is 31.3 Å². The minimum absolute atomic E-state index is 0.551. The molecular formula is C12H22. The van der Waals surface area contributed by atoms with Crippen LogP contribution >= 0.6 is 0 Å². The molecule has 0 aromatic heterocycles. The molecule has 0 aromatic carbocycles. The summed E-state index contributed by atoms with van der Waals surface area (Å²) in [4.78, 5) is 0. The van der Waals surface area contributed by atoms with E-state index in [1.807, 2.05) is 0 Å². The molecule has 70 valence electrons. The standard InChI is InChI=1S/C12H22/c1-10(2)8-12(5)7-6-11(3,4)9-12/h1,6-9H2,2-5H3/t12-/m0/s1. The lowest BCUT2D eigenvalue weighted by atomic mass is 9.79. The average Bonchev–Trinajstić information content (AvgIpc) is 2.03. The molecular weight excluding hydrogens is 144 g/mol. The van der Waals surface area contributed by atoms with Gasteiger partial charge in [-0.15, -0.1) is 6.58 Å². The van der Waals surface area contributed by atoms with Gasteiger partial charge in [-0.3, -0.25) is 0 Å². The Balaban J connectivity index is 2.58. The molecule has 1 fully saturated rings. The molecule has 0 aliphatic heterocycles. The van der Waals surface area contributed by atoms with Crippen molar-refractivity contribution in [1.29, 1.82) is 0 Å². The Hall–Kier alpha value is -0.260. The summed E-state index contributed by atoms with van der Waals surface area (Å²) in [6.07, 6.45) is 5.35. The molecule has 0 radical (unpaired) electrons. The van der Waals surface area contributed by atoms with E-state index in [4.69, 9.17) is 0 Å². The Morgan fingerprint density at radius 1 is 1.25 bits per heavy atom. The third-order valence-corrected chi connectivity index (χ3v) is 3.04. The first-order valence-corrected chi connectivity index (χ1v) is 4.97. The second kappa shape index (κ2) is 2.90. The van der Waals surface area contributed by atoms with Crippen LogP contribution in [0.3, 0.4) is 0 Å². The van der Waals surface area contributed by atoms with Gasteiger partial charge in [-0.25, -0.2) is 0 Å². The largest absolute Gasteiger partial charge is 0.100 e. The van der Waals surface area contributed by atoms with E-state index in [0.717, 1.165) is 0 Å². The smallest absolute Gasteiger partial charge is 0.0271 e. The molecule has 0 N–H and O–H groups in total. The number of hydrogen-bond acceptors (Lipinski definition) is 0. The Morgan fingerprint density at radius 2 is 1.83 bits per heavy atom. The topological polar surface area (TPSA) is 0 Å². The first-order chi connectivity index (χ1) is 5.33. The fraction of sp³-hybridized carbons (Fsp3) is 0.833. The Labute approximate surface area is 77.1 Å². The molecule has 1 aliphatic carbocycles. The molecule has 0 bridgehead atoms. The zero-order valence-electron chi connectivity index (χ0n) is 9.04. The van der Waals surface area contributed by atoms with Crippen LogP contribution in [0.15, 0.2) is 12.2 Å². The van der Waals surface area contributed by atoms with Gasteiger partial charge in [0, 0.05) is 0 Å². The summed E-state index contributed by atoms with van der Waals surface area (Å²) in [7, 11) is 0. The van der Waals surface area contributed by atoms with E-state index in [0.29, 0.717) is 10.8 Å². The molecule has 0 unspecified atom stereocenters. The van der Waals surface area contributed by atoms with Crippen LogP contribution in [0.4, 0.5) is 0 Å². The maximum atomic E-state index is 4.01. The van der Waals surface area contributed by atoms with Crippen molar-refractivity contribution in [1.82, 2.24) is 0 Å². The van der Waals surface area contributed by atoms with Gasteiger partial charge in [0.15, 0.2) is 0 Å². The molecule has 0 spiro atoms. The summed E-state index contributed by atoms with van der Waals surface area (Å²) in [5.41, 5.74) is 2.47. The van der Waals surface area contributed by atoms with Crippen molar-refractivity contribution in [3.8, 4) is 0 Å². The maximum Gasteiger partial charge on any atom is -0.0271 e. The highest BCUT2D eigenvalue weighted by atomic mass is 14.4. The van der Waals surface area contributed by atoms with Gasteiger partial charge in [0.05, 0.1) is 0 Å². The van der Waals surface area contributed by atoms with Crippen LogP contribution in [-0.2, 0) is 0 Å². The lowest BCUT2D eigenvalue weighted by Gasteiger charge is -2.26. The van der Waals surface area contributed by atoms with E-state index in [9.17, 15) is 0 Å². The molecule has 1 saturated carbocycles. The molecule has 0 heterocycles. The number of allylic oxidation sites excluding steroid dienone is 1. The highest BCUT2D eigenvalue weighted by Gasteiger charge is 2.39. The van der Waals surface area contributed by atoms with E-state index >= 15 is 0 Å². The zero-order chi connectivity index (χ0) is 9.41. The molecule has 1 aliphatic rings. The first kappa shape index (κ1) is 9.83. The maximum absolute atomic E-state index is 4.01. The van der Waals surface area contributed by atoms with Gasteiger partial charge in [-0.05, 0) is 43.4 Å². The van der Waals surface area contributed by atoms with Crippen LogP contribution in [0.25, 0.3) is 0 Å². The molecule has 12 heavy (non-hydrogen) atoms. The lowest BCUT2D eigenvalue weighted by molar-refractivity contribution is 0.277. The van der Waals surface area contributed by atoms with Crippen molar-refractivity contribution < 1.29 is 0 Å². The summed E-state index contributed by atoms with van der Waals surface area (Å²) in [6.45, 7) is 13.3. The molecule has 1 atom stereocenters. The summed E-state index contributed by atoms with van der Waals surface area (Å²) in [6, 6.07) is 0. The molecule has 0 amide bonds. The fourth-order valence-electron chi connectivity index (χ4n) is 2.85. The van der Waals surface area contributed by atoms with Gasteiger partial charge in [0.25, 0.3) is 0 Å². The minimum atomic E-state index is 0.551. The summed E-state index contributed by atoms with van der Waals surface area (Å²) < 4.78 is 0. The predicted molar refractivity (Wildman–Crippen MR) is 55.2 cm³/mol. The van der Waals surface area contributed by atoms with Crippen LogP contribution in [0, 0.1) is 10.8 Å². The Bertz CT molecular complexity index is 188. The fourth-order valence-corrected chi connectivity index (χ4v) is 2.85. The van der Waals surface area contributed by atoms with Crippen molar-refractivity contribution in [2.24, 2.45) is 10.8 Å². The minimum Gasteiger partial charge on any atom is -0.100 e. The Kier molecular flexibility index (Phi) is 2.38. The lowest BCUT2D eigenvalue weighted by Crippen LogP contribution is -2.14. The van der Waals surface area contributed by atoms with Gasteiger partial charge >= 0.3 is 0 Å². The van der Waals surface area contributed by atoms with Gasteiger partial charge in [-0.2, -0.15) is 0 Å². The molecule has 1 rings (SSSR count). The highest BCUT2D eigenvalue weighted by Crippen LogP contribution is 2.51. The van der Waals surface area contributed by atoms with Crippen molar-refractivity contribution in [2.45, 2.75) is 53.4 Å². The van der Waals surface area contributed by atoms with Gasteiger partial charge in [-0.1, -0.05) is 26.3 Å². The quantitative estimate of drug-likeness (QED) is 0.540. The third kappa shape index (κ3) is 2.36. The second-order valence-corrected chi connectivity index (χ2v) is 5.79. The molecule has 0 heteroatoms. The highest BCUT2D eigenvalue weighted by molar-refractivity contribution is 5.00. The SMILES string of the molecule is C=C(C)C[C@]1(C)CCC(C)(C)C1. The van der Waals surface area contributed by atoms with Crippen LogP contribution in [0.5, 0.6) is 0 Å². The summed E-state index contributed by atoms with van der Waals surface area (Å²) >= 11 is 0. The first-order valence-electron chi connectivity index (χ1n) is 4.97. The van der Waals surface area contributed by atoms with Gasteiger partial charge in [0.1, 0.15) is 0 Å². The van der Waals surface area contributed by atoms with E-state index < -0.39 is 0 Å². The monoisotopic (exact) mass is 166 g/mol. The van der Waals surface area contributed by atoms with Crippen molar-refractivity contribution in [3.05, 3.63) is 12.2 Å². The molecule has 0 nitrogen and oxygen atoms in total. The van der Waals surface area contributed by atoms with E-state index in [1.54, 1.807) is 0 Å². The third-order valence-electron chi connectivity index (χ3n) is 3.04. The average molecular weight is 166 g/mol. The summed E-state index contributed by atoms with van der Waals surface area (Å²) in [5, 5.41) is 0. The van der Waals surface area contributed by atoms with Gasteiger partial charge in [0.2, 0.25) is 0 Å². The van der Waals surface area contributed by atoms with E-state index in [-0.39, 0.29) is 0 Å². The molecule has 0 saturated heterocycles.